The molecule has 0 bridgehead atoms. The number of fused-ring (bicyclic) bond motifs is 1. The van der Waals surface area contributed by atoms with Crippen LogP contribution in [0.1, 0.15) is 51.7 Å². The number of aryl methyl sites for hydroxylation is 1. The minimum absolute atomic E-state index is 0. The number of hydrogen-bond acceptors (Lipinski definition) is 5. The molecule has 0 spiro atoms. The summed E-state index contributed by atoms with van der Waals surface area (Å²) < 4.78 is 50.8. The van der Waals surface area contributed by atoms with Crippen LogP contribution in [0.15, 0.2) is 29.2 Å². The Hall–Kier alpha value is -1.79. The van der Waals surface area contributed by atoms with Crippen LogP contribution >= 0.6 is 27.0 Å². The van der Waals surface area contributed by atoms with Gasteiger partial charge in [0.2, 0.25) is 5.91 Å². The van der Waals surface area contributed by atoms with E-state index in [9.17, 15) is 22.2 Å². The molecule has 0 unspecified atom stereocenters. The van der Waals surface area contributed by atoms with Crippen molar-refractivity contribution in [1.82, 2.24) is 9.97 Å². The minimum Gasteiger partial charge on any atom is -0.346 e. The number of nitrogens with one attached hydrogen (secondary N) is 1. The molecule has 1 aromatic heterocycles. The molecule has 0 radical (unpaired) electrons. The van der Waals surface area contributed by atoms with Gasteiger partial charge in [0.1, 0.15) is 17.6 Å². The Kier molecular flexibility index (Phi) is 11.8. The van der Waals surface area contributed by atoms with Crippen LogP contribution in [-0.2, 0) is 28.2 Å². The quantitative estimate of drug-likeness (QED) is 0.564. The van der Waals surface area contributed by atoms with Gasteiger partial charge in [-0.3, -0.25) is 9.00 Å². The number of halogens is 3. The Labute approximate surface area is 221 Å². The third kappa shape index (κ3) is 6.71. The minimum atomic E-state index is -4.40. The third-order valence-electron chi connectivity index (χ3n) is 6.04. The summed E-state index contributed by atoms with van der Waals surface area (Å²) in [5.41, 5.74) is 0.593. The summed E-state index contributed by atoms with van der Waals surface area (Å²) in [4.78, 5) is 23.4. The van der Waals surface area contributed by atoms with Crippen molar-refractivity contribution in [3.8, 4) is 0 Å². The van der Waals surface area contributed by atoms with Crippen LogP contribution in [0.5, 0.6) is 0 Å². The van der Waals surface area contributed by atoms with Gasteiger partial charge < -0.3 is 10.2 Å². The Morgan fingerprint density at radius 2 is 1.69 bits per heavy atom. The van der Waals surface area contributed by atoms with Gasteiger partial charge in [-0.25, -0.2) is 9.97 Å². The molecule has 1 N–H and O–H groups in total. The number of benzene rings is 1. The second-order valence-electron chi connectivity index (χ2n) is 8.18. The molecule has 6 nitrogen and oxygen atoms in total. The number of carbonyl (C=O) groups is 1. The van der Waals surface area contributed by atoms with E-state index in [1.165, 1.54) is 12.1 Å². The first-order valence-corrected chi connectivity index (χ1v) is 11.2. The highest BCUT2D eigenvalue weighted by Crippen LogP contribution is 2.38. The van der Waals surface area contributed by atoms with Crippen molar-refractivity contribution in [2.45, 2.75) is 70.3 Å². The SMILES string of the molecule is C.C.Cc1nc(CC2CC([S@](=O)c3ccc(C(F)(F)F)cc3)C2)nc2c1NC(=O)[C@H](C)N2C.S.S. The lowest BCUT2D eigenvalue weighted by molar-refractivity contribution is -0.137. The molecule has 2 aliphatic rings. The van der Waals surface area contributed by atoms with Gasteiger partial charge in [0, 0.05) is 23.6 Å². The molecule has 0 saturated heterocycles. The van der Waals surface area contributed by atoms with Crippen molar-refractivity contribution in [1.29, 1.82) is 0 Å². The number of anilines is 2. The first-order valence-electron chi connectivity index (χ1n) is 10.0. The van der Waals surface area contributed by atoms with E-state index in [1.54, 1.807) is 0 Å². The summed E-state index contributed by atoms with van der Waals surface area (Å²) >= 11 is 0. The molecule has 4 rings (SSSR count). The van der Waals surface area contributed by atoms with Crippen LogP contribution in [0.25, 0.3) is 0 Å². The molecule has 1 saturated carbocycles. The van der Waals surface area contributed by atoms with Gasteiger partial charge in [-0.15, -0.1) is 0 Å². The summed E-state index contributed by atoms with van der Waals surface area (Å²) in [5.74, 6) is 1.54. The summed E-state index contributed by atoms with van der Waals surface area (Å²) in [6.45, 7) is 3.64. The van der Waals surface area contributed by atoms with Crippen LogP contribution in [-0.4, -0.2) is 38.4 Å². The number of rotatable bonds is 4. The molecule has 1 aromatic carbocycles. The second kappa shape index (κ2) is 12.4. The number of aromatic nitrogens is 2. The molecule has 35 heavy (non-hydrogen) atoms. The Morgan fingerprint density at radius 3 is 2.23 bits per heavy atom. The van der Waals surface area contributed by atoms with Crippen molar-refractivity contribution < 1.29 is 22.2 Å². The van der Waals surface area contributed by atoms with Gasteiger partial charge in [-0.1, -0.05) is 14.9 Å². The second-order valence-corrected chi connectivity index (χ2v) is 9.92. The van der Waals surface area contributed by atoms with Gasteiger partial charge in [-0.05, 0) is 56.9 Å². The first kappa shape index (κ1) is 33.2. The maximum atomic E-state index is 12.7. The molecule has 1 fully saturated rings. The molecule has 1 amide bonds. The highest BCUT2D eigenvalue weighted by molar-refractivity contribution is 7.85. The van der Waals surface area contributed by atoms with E-state index in [0.29, 0.717) is 47.2 Å². The number of hydrogen-bond donors (Lipinski definition) is 1. The molecule has 2 atom stereocenters. The summed E-state index contributed by atoms with van der Waals surface area (Å²) in [6, 6.07) is 4.22. The number of amides is 1. The predicted octanol–water partition coefficient (Wildman–Crippen LogP) is 5.21. The van der Waals surface area contributed by atoms with Crippen LogP contribution in [0, 0.1) is 12.8 Å². The van der Waals surface area contributed by atoms with Crippen molar-refractivity contribution in [2.24, 2.45) is 5.92 Å². The maximum Gasteiger partial charge on any atom is 0.416 e. The van der Waals surface area contributed by atoms with Gasteiger partial charge in [-0.2, -0.15) is 40.2 Å². The van der Waals surface area contributed by atoms with E-state index in [-0.39, 0.29) is 65.0 Å². The third-order valence-corrected chi connectivity index (χ3v) is 7.77. The average molecular weight is 553 g/mol. The fraction of sp³-hybridized carbons (Fsp3) is 0.522. The van der Waals surface area contributed by atoms with E-state index in [2.05, 4.69) is 15.3 Å². The molecule has 1 aliphatic heterocycles. The van der Waals surface area contributed by atoms with Crippen LogP contribution in [0.3, 0.4) is 0 Å². The van der Waals surface area contributed by atoms with Crippen LogP contribution < -0.4 is 10.2 Å². The lowest BCUT2D eigenvalue weighted by Gasteiger charge is -2.35. The molecule has 12 heteroatoms. The van der Waals surface area contributed by atoms with E-state index in [1.807, 2.05) is 25.8 Å². The number of likely N-dealkylation sites (N-methyl/N-ethyl adjacent to an activating group) is 1. The summed E-state index contributed by atoms with van der Waals surface area (Å²) in [5, 5.41) is 2.77. The van der Waals surface area contributed by atoms with Crippen LogP contribution in [0.4, 0.5) is 24.7 Å². The standard InChI is InChI=1S/C21H23F3N4O2S.2CH4.2H2S/c1-11-18-19(28(3)12(2)20(29)27-18)26-17(25-11)10-13-8-16(9-13)31(30)15-6-4-14(5-7-15)21(22,23)24;;;;/h4-7,12-13,16H,8-10H2,1-3H3,(H,27,29);2*1H4;2*1H2/t12-,13?,16?,31+;;;;/m0..../s1. The Morgan fingerprint density at radius 1 is 1.11 bits per heavy atom. The topological polar surface area (TPSA) is 75.2 Å². The van der Waals surface area contributed by atoms with E-state index < -0.39 is 22.5 Å². The first-order chi connectivity index (χ1) is 14.5. The fourth-order valence-corrected chi connectivity index (χ4v) is 5.62. The average Bonchev–Trinajstić information content (AvgIpc) is 2.68. The number of alkyl halides is 3. The highest BCUT2D eigenvalue weighted by Gasteiger charge is 2.36. The van der Waals surface area contributed by atoms with E-state index >= 15 is 0 Å². The zero-order valence-electron chi connectivity index (χ0n) is 18.4. The molecule has 1 aliphatic carbocycles. The van der Waals surface area contributed by atoms with Gasteiger partial charge in [0.05, 0.1) is 22.1 Å². The number of carbonyl (C=O) groups excluding carboxylic acids is 1. The zero-order chi connectivity index (χ0) is 22.5. The molecule has 2 aromatic rings. The summed E-state index contributed by atoms with van der Waals surface area (Å²) in [7, 11) is 0.485. The number of nitrogens with zero attached hydrogens (tertiary/aromatic N) is 3. The van der Waals surface area contributed by atoms with Gasteiger partial charge in [0.15, 0.2) is 5.82 Å². The Balaban J connectivity index is 0.00000289. The van der Waals surface area contributed by atoms with Crippen molar-refractivity contribution >= 4 is 55.2 Å². The summed E-state index contributed by atoms with van der Waals surface area (Å²) in [6.07, 6.45) is -2.36. The highest BCUT2D eigenvalue weighted by atomic mass is 32.2. The lowest BCUT2D eigenvalue weighted by Crippen LogP contribution is -2.45. The smallest absolute Gasteiger partial charge is 0.346 e. The molecule has 2 heterocycles. The monoisotopic (exact) mass is 552 g/mol. The molecule has 198 valence electrons. The normalized spacial score (nSPS) is 21.5. The van der Waals surface area contributed by atoms with E-state index in [0.717, 1.165) is 12.1 Å². The molecular formula is C23H35F3N4O2S3. The predicted molar refractivity (Wildman–Crippen MR) is 146 cm³/mol. The van der Waals surface area contributed by atoms with Crippen LogP contribution in [0.2, 0.25) is 0 Å². The van der Waals surface area contributed by atoms with Crippen molar-refractivity contribution in [3.63, 3.8) is 0 Å². The fourth-order valence-electron chi connectivity index (χ4n) is 3.94. The lowest BCUT2D eigenvalue weighted by atomic mass is 9.82. The van der Waals surface area contributed by atoms with Crippen molar-refractivity contribution in [3.05, 3.63) is 41.3 Å². The van der Waals surface area contributed by atoms with Gasteiger partial charge in [0.25, 0.3) is 0 Å². The largest absolute Gasteiger partial charge is 0.416 e. The maximum absolute atomic E-state index is 12.7. The molecular weight excluding hydrogens is 517 g/mol. The zero-order valence-corrected chi connectivity index (χ0v) is 21.2. The Bertz CT molecular complexity index is 1050. The van der Waals surface area contributed by atoms with Gasteiger partial charge >= 0.3 is 6.18 Å². The van der Waals surface area contributed by atoms with E-state index in [4.69, 9.17) is 0 Å². The van der Waals surface area contributed by atoms with Crippen molar-refractivity contribution in [2.75, 3.05) is 17.3 Å².